The number of nitriles is 1. The third-order valence-corrected chi connectivity index (χ3v) is 7.41. The third-order valence-electron chi connectivity index (χ3n) is 6.00. The second-order valence-electron chi connectivity index (χ2n) is 9.16. The normalized spacial score (nSPS) is 12.0. The summed E-state index contributed by atoms with van der Waals surface area (Å²) >= 11 is 6.39. The molecule has 3 heterocycles. The molecule has 0 spiro atoms. The number of rotatable bonds is 9. The molecule has 0 atom stereocenters. The van der Waals surface area contributed by atoms with Crippen molar-refractivity contribution in [3.05, 3.63) is 95.2 Å². The zero-order chi connectivity index (χ0) is 31.5. The van der Waals surface area contributed by atoms with Gasteiger partial charge in [-0.05, 0) is 48.5 Å². The molecule has 0 saturated heterocycles. The lowest BCUT2D eigenvalue weighted by Crippen LogP contribution is -2.17. The van der Waals surface area contributed by atoms with Gasteiger partial charge in [-0.2, -0.15) is 5.26 Å². The molecule has 16 heteroatoms. The minimum absolute atomic E-state index is 0.00878. The van der Waals surface area contributed by atoms with Gasteiger partial charge >= 0.3 is 6.36 Å². The van der Waals surface area contributed by atoms with Gasteiger partial charge in [-0.3, -0.25) is 9.55 Å². The van der Waals surface area contributed by atoms with Crippen LogP contribution < -0.4 is 4.74 Å². The van der Waals surface area contributed by atoms with Gasteiger partial charge in [0.05, 0.1) is 27.2 Å². The van der Waals surface area contributed by atoms with E-state index in [-0.39, 0.29) is 40.0 Å². The molecular formula is C28H19ClF3N7O4S. The Morgan fingerprint density at radius 3 is 2.41 bits per heavy atom. The summed E-state index contributed by atoms with van der Waals surface area (Å²) in [5.74, 6) is 0.632. The van der Waals surface area contributed by atoms with E-state index in [0.29, 0.717) is 28.7 Å². The number of ether oxygens (including phenoxy) is 1. The maximum atomic E-state index is 12.7. The van der Waals surface area contributed by atoms with Crippen LogP contribution in [0, 0.1) is 11.3 Å². The average Bonchev–Trinajstić information content (AvgIpc) is 3.62. The SMILES string of the molecule is CS(=O)(=O)c1ccc(-c2nnc(C/C=C/Cc3nnc(-c4ccc(C#N)cc4)o3)n2-c2ccc(OC(F)(F)F)cc2Cl)nc1. The standard InChI is InChI=1S/C28H19ClF3N7O4S/c1-44(40,41)20-11-12-22(34-16-20)26-37-35-24(39(26)23-13-10-19(14-21(23)29)43-28(30,31)32)4-2-3-5-25-36-38-27(42-25)18-8-6-17(15-33)7-9-18/h2-3,6-14,16H,4-5H2,1H3/b3-2+. The van der Waals surface area contributed by atoms with Crippen molar-refractivity contribution >= 4 is 21.4 Å². The highest BCUT2D eigenvalue weighted by Crippen LogP contribution is 2.32. The van der Waals surface area contributed by atoms with Crippen molar-refractivity contribution in [2.24, 2.45) is 0 Å². The van der Waals surface area contributed by atoms with E-state index in [0.717, 1.165) is 18.4 Å². The number of aromatic nitrogens is 6. The summed E-state index contributed by atoms with van der Waals surface area (Å²) in [6.07, 6.45) is 1.30. The fourth-order valence-corrected chi connectivity index (χ4v) is 4.79. The second kappa shape index (κ2) is 12.3. The third kappa shape index (κ3) is 7.10. The topological polar surface area (TPSA) is 150 Å². The van der Waals surface area contributed by atoms with Crippen LogP contribution in [0.1, 0.15) is 17.3 Å². The van der Waals surface area contributed by atoms with Crippen LogP contribution in [0.25, 0.3) is 28.7 Å². The fourth-order valence-electron chi connectivity index (χ4n) is 3.98. The number of pyridine rings is 1. The maximum absolute atomic E-state index is 12.7. The Bertz CT molecular complexity index is 1980. The lowest BCUT2D eigenvalue weighted by Gasteiger charge is -2.14. The molecule has 44 heavy (non-hydrogen) atoms. The van der Waals surface area contributed by atoms with E-state index >= 15 is 0 Å². The van der Waals surface area contributed by atoms with Crippen LogP contribution in [0.3, 0.4) is 0 Å². The van der Waals surface area contributed by atoms with Crippen LogP contribution in [0.5, 0.6) is 5.75 Å². The van der Waals surface area contributed by atoms with E-state index in [1.54, 1.807) is 36.4 Å². The number of benzene rings is 2. The van der Waals surface area contributed by atoms with E-state index in [2.05, 4.69) is 30.1 Å². The molecule has 0 aliphatic carbocycles. The molecule has 0 unspecified atom stereocenters. The molecule has 5 aromatic rings. The molecule has 11 nitrogen and oxygen atoms in total. The highest BCUT2D eigenvalue weighted by atomic mass is 35.5. The molecular weight excluding hydrogens is 623 g/mol. The van der Waals surface area contributed by atoms with Crippen LogP contribution in [0.4, 0.5) is 13.2 Å². The molecule has 224 valence electrons. The first kappa shape index (κ1) is 30.4. The number of sulfone groups is 1. The zero-order valence-corrected chi connectivity index (χ0v) is 24.1. The molecule has 0 radical (unpaired) electrons. The number of halogens is 4. The molecule has 2 aromatic carbocycles. The minimum Gasteiger partial charge on any atom is -0.420 e. The smallest absolute Gasteiger partial charge is 0.420 e. The summed E-state index contributed by atoms with van der Waals surface area (Å²) in [7, 11) is -3.51. The molecule has 0 aliphatic rings. The lowest BCUT2D eigenvalue weighted by molar-refractivity contribution is -0.274. The lowest BCUT2D eigenvalue weighted by atomic mass is 10.1. The van der Waals surface area contributed by atoms with Crippen LogP contribution in [0.15, 0.2) is 82.3 Å². The highest BCUT2D eigenvalue weighted by Gasteiger charge is 2.31. The predicted octanol–water partition coefficient (Wildman–Crippen LogP) is 5.55. The Labute approximate surface area is 253 Å². The van der Waals surface area contributed by atoms with Crippen LogP contribution in [-0.2, 0) is 22.7 Å². The zero-order valence-electron chi connectivity index (χ0n) is 22.5. The highest BCUT2D eigenvalue weighted by molar-refractivity contribution is 7.90. The molecule has 0 bridgehead atoms. The number of alkyl halides is 3. The molecule has 0 N–H and O–H groups in total. The Hall–Kier alpha value is -5.07. The summed E-state index contributed by atoms with van der Waals surface area (Å²) in [4.78, 5) is 4.19. The number of hydrogen-bond donors (Lipinski definition) is 0. The number of hydrogen-bond acceptors (Lipinski definition) is 10. The van der Waals surface area contributed by atoms with Gasteiger partial charge in [0.15, 0.2) is 15.7 Å². The quantitative estimate of drug-likeness (QED) is 0.188. The van der Waals surface area contributed by atoms with Crippen molar-refractivity contribution in [1.29, 1.82) is 5.26 Å². The summed E-state index contributed by atoms with van der Waals surface area (Å²) in [5, 5.41) is 25.3. The van der Waals surface area contributed by atoms with Crippen LogP contribution >= 0.6 is 11.6 Å². The van der Waals surface area contributed by atoms with Gasteiger partial charge in [-0.15, -0.1) is 33.6 Å². The summed E-state index contributed by atoms with van der Waals surface area (Å²) in [5.41, 5.74) is 1.64. The van der Waals surface area contributed by atoms with Crippen molar-refractivity contribution in [3.63, 3.8) is 0 Å². The van der Waals surface area contributed by atoms with E-state index in [1.807, 2.05) is 6.07 Å². The monoisotopic (exact) mass is 641 g/mol. The van der Waals surface area contributed by atoms with E-state index in [4.69, 9.17) is 21.3 Å². The van der Waals surface area contributed by atoms with Crippen molar-refractivity contribution in [2.45, 2.75) is 24.1 Å². The van der Waals surface area contributed by atoms with Crippen molar-refractivity contribution in [3.8, 4) is 40.5 Å². The fraction of sp³-hybridized carbons (Fsp3) is 0.143. The average molecular weight is 642 g/mol. The van der Waals surface area contributed by atoms with Gasteiger partial charge in [-0.25, -0.2) is 8.42 Å². The van der Waals surface area contributed by atoms with Crippen LogP contribution in [0.2, 0.25) is 5.02 Å². The van der Waals surface area contributed by atoms with Gasteiger partial charge in [0.2, 0.25) is 11.8 Å². The largest absolute Gasteiger partial charge is 0.573 e. The molecule has 5 rings (SSSR count). The van der Waals surface area contributed by atoms with Gasteiger partial charge < -0.3 is 9.15 Å². The summed E-state index contributed by atoms with van der Waals surface area (Å²) in [6.45, 7) is 0. The van der Waals surface area contributed by atoms with E-state index < -0.39 is 21.9 Å². The second-order valence-corrected chi connectivity index (χ2v) is 11.6. The molecule has 0 saturated carbocycles. The first-order valence-electron chi connectivity index (χ1n) is 12.6. The summed E-state index contributed by atoms with van der Waals surface area (Å²) < 4.78 is 73.2. The van der Waals surface area contributed by atoms with Gasteiger partial charge in [0, 0.05) is 36.9 Å². The molecule has 0 aliphatic heterocycles. The molecule has 0 amide bonds. The van der Waals surface area contributed by atoms with Gasteiger partial charge in [0.1, 0.15) is 17.3 Å². The Morgan fingerprint density at radius 2 is 1.77 bits per heavy atom. The Morgan fingerprint density at radius 1 is 1.02 bits per heavy atom. The van der Waals surface area contributed by atoms with E-state index in [1.165, 1.54) is 29.0 Å². The van der Waals surface area contributed by atoms with Crippen molar-refractivity contribution in [2.75, 3.05) is 6.26 Å². The van der Waals surface area contributed by atoms with Crippen molar-refractivity contribution in [1.82, 2.24) is 29.9 Å². The maximum Gasteiger partial charge on any atom is 0.573 e. The predicted molar refractivity (Wildman–Crippen MR) is 150 cm³/mol. The van der Waals surface area contributed by atoms with Crippen LogP contribution in [-0.4, -0.2) is 51.0 Å². The van der Waals surface area contributed by atoms with E-state index in [9.17, 15) is 21.6 Å². The molecule has 0 fully saturated rings. The van der Waals surface area contributed by atoms with Gasteiger partial charge in [-0.1, -0.05) is 23.8 Å². The first-order chi connectivity index (χ1) is 20.9. The minimum atomic E-state index is -4.91. The van der Waals surface area contributed by atoms with Gasteiger partial charge in [0.25, 0.3) is 0 Å². The van der Waals surface area contributed by atoms with Crippen molar-refractivity contribution < 1.29 is 30.7 Å². The Kier molecular flexibility index (Phi) is 8.47. The number of allylic oxidation sites excluding steroid dienone is 2. The first-order valence-corrected chi connectivity index (χ1v) is 14.8. The molecule has 3 aromatic heterocycles. The number of nitrogens with zero attached hydrogens (tertiary/aromatic N) is 7. The Balaban J connectivity index is 1.41. The summed E-state index contributed by atoms with van der Waals surface area (Å²) in [6, 6.07) is 14.9.